The summed E-state index contributed by atoms with van der Waals surface area (Å²) in [6.45, 7) is 0. The molecule has 0 saturated heterocycles. The van der Waals surface area contributed by atoms with Gasteiger partial charge in [0.2, 0.25) is 5.95 Å². The zero-order valence-corrected chi connectivity index (χ0v) is 15.2. The summed E-state index contributed by atoms with van der Waals surface area (Å²) in [5.74, 6) is 0.662. The van der Waals surface area contributed by atoms with Crippen LogP contribution in [-0.2, 0) is 4.74 Å². The molecule has 0 spiro atoms. The number of nitrogens with one attached hydrogen (secondary N) is 1. The van der Waals surface area contributed by atoms with Crippen LogP contribution in [0.25, 0.3) is 22.0 Å². The highest BCUT2D eigenvalue weighted by Crippen LogP contribution is 2.30. The van der Waals surface area contributed by atoms with Crippen LogP contribution < -0.4 is 11.1 Å². The monoisotopic (exact) mass is 367 g/mol. The number of hydrogen-bond acceptors (Lipinski definition) is 6. The maximum Gasteiger partial charge on any atom is 0.223 e. The van der Waals surface area contributed by atoms with E-state index in [0.717, 1.165) is 36.8 Å². The molecule has 0 atom stereocenters. The van der Waals surface area contributed by atoms with Gasteiger partial charge in [-0.1, -0.05) is 12.1 Å². The minimum Gasteiger partial charge on any atom is -0.383 e. The summed E-state index contributed by atoms with van der Waals surface area (Å²) in [6.07, 6.45) is 7.80. The standard InChI is InChI=1S/C20H22FN5O/c1-27-15-8-6-14(7-9-15)25-20-24-11-17-18(26-20)16(10-23-19(17)22)12-2-4-13(21)5-3-12/h2-5,10-11,14-15H,6-9H2,1H3,(H2,22,23)(H,24,25,26). The van der Waals surface area contributed by atoms with Crippen molar-refractivity contribution in [3.05, 3.63) is 42.5 Å². The molecule has 1 saturated carbocycles. The van der Waals surface area contributed by atoms with Crippen molar-refractivity contribution in [3.8, 4) is 11.1 Å². The Labute approximate surface area is 157 Å². The summed E-state index contributed by atoms with van der Waals surface area (Å²) < 4.78 is 18.7. The SMILES string of the molecule is COC1CCC(Nc2ncc3c(N)ncc(-c4ccc(F)cc4)c3n2)CC1. The van der Waals surface area contributed by atoms with Crippen molar-refractivity contribution in [2.75, 3.05) is 18.2 Å². The molecule has 6 nitrogen and oxygen atoms in total. The minimum absolute atomic E-state index is 0.282. The third-order valence-electron chi connectivity index (χ3n) is 5.15. The van der Waals surface area contributed by atoms with E-state index >= 15 is 0 Å². The molecule has 27 heavy (non-hydrogen) atoms. The molecule has 3 N–H and O–H groups in total. The number of pyridine rings is 1. The summed E-state index contributed by atoms with van der Waals surface area (Å²) in [4.78, 5) is 13.4. The van der Waals surface area contributed by atoms with Crippen LogP contribution in [0.5, 0.6) is 0 Å². The normalized spacial score (nSPS) is 19.9. The van der Waals surface area contributed by atoms with E-state index in [1.807, 2.05) is 0 Å². The van der Waals surface area contributed by atoms with Crippen molar-refractivity contribution in [3.63, 3.8) is 0 Å². The van der Waals surface area contributed by atoms with Gasteiger partial charge in [-0.2, -0.15) is 0 Å². The number of ether oxygens (including phenoxy) is 1. The van der Waals surface area contributed by atoms with E-state index in [2.05, 4.69) is 15.3 Å². The first-order valence-corrected chi connectivity index (χ1v) is 9.10. The summed E-state index contributed by atoms with van der Waals surface area (Å²) in [5.41, 5.74) is 8.34. The number of hydrogen-bond donors (Lipinski definition) is 2. The quantitative estimate of drug-likeness (QED) is 0.730. The first-order valence-electron chi connectivity index (χ1n) is 9.10. The molecule has 2 aromatic heterocycles. The van der Waals surface area contributed by atoms with E-state index in [-0.39, 0.29) is 5.82 Å². The molecule has 0 bridgehead atoms. The van der Waals surface area contributed by atoms with Crippen LogP contribution in [0.15, 0.2) is 36.7 Å². The second kappa shape index (κ2) is 7.44. The maximum absolute atomic E-state index is 13.3. The average Bonchev–Trinajstić information content (AvgIpc) is 2.70. The molecule has 1 aliphatic carbocycles. The fraction of sp³-hybridized carbons (Fsp3) is 0.350. The predicted molar refractivity (Wildman–Crippen MR) is 104 cm³/mol. The third-order valence-corrected chi connectivity index (χ3v) is 5.15. The molecule has 3 aromatic rings. The van der Waals surface area contributed by atoms with Gasteiger partial charge < -0.3 is 15.8 Å². The Morgan fingerprint density at radius 3 is 2.52 bits per heavy atom. The van der Waals surface area contributed by atoms with Crippen LogP contribution in [0.2, 0.25) is 0 Å². The van der Waals surface area contributed by atoms with Crippen LogP contribution in [0.1, 0.15) is 25.7 Å². The van der Waals surface area contributed by atoms with Gasteiger partial charge in [-0.3, -0.25) is 0 Å². The Morgan fingerprint density at radius 2 is 1.81 bits per heavy atom. The van der Waals surface area contributed by atoms with Gasteiger partial charge in [0.05, 0.1) is 17.0 Å². The lowest BCUT2D eigenvalue weighted by atomic mass is 9.93. The van der Waals surface area contributed by atoms with Crippen molar-refractivity contribution in [1.29, 1.82) is 0 Å². The molecule has 1 aromatic carbocycles. The molecule has 0 aliphatic heterocycles. The van der Waals surface area contributed by atoms with Gasteiger partial charge in [-0.15, -0.1) is 0 Å². The van der Waals surface area contributed by atoms with Gasteiger partial charge in [0.25, 0.3) is 0 Å². The van der Waals surface area contributed by atoms with Gasteiger partial charge in [0, 0.05) is 31.1 Å². The lowest BCUT2D eigenvalue weighted by Crippen LogP contribution is -2.29. The summed E-state index contributed by atoms with van der Waals surface area (Å²) in [6, 6.07) is 6.59. The van der Waals surface area contributed by atoms with E-state index in [9.17, 15) is 4.39 Å². The highest BCUT2D eigenvalue weighted by atomic mass is 19.1. The number of fused-ring (bicyclic) bond motifs is 1. The van der Waals surface area contributed by atoms with Crippen LogP contribution in [-0.4, -0.2) is 34.2 Å². The first kappa shape index (κ1) is 17.6. The summed E-state index contributed by atoms with van der Waals surface area (Å²) >= 11 is 0. The Bertz CT molecular complexity index is 939. The van der Waals surface area contributed by atoms with Gasteiger partial charge in [-0.05, 0) is 43.4 Å². The topological polar surface area (TPSA) is 86.0 Å². The zero-order valence-electron chi connectivity index (χ0n) is 15.2. The molecule has 140 valence electrons. The molecule has 1 aliphatic rings. The Morgan fingerprint density at radius 1 is 1.07 bits per heavy atom. The lowest BCUT2D eigenvalue weighted by molar-refractivity contribution is 0.0681. The fourth-order valence-electron chi connectivity index (χ4n) is 3.58. The molecule has 0 radical (unpaired) electrons. The maximum atomic E-state index is 13.3. The molecular formula is C20H22FN5O. The van der Waals surface area contributed by atoms with Crippen LogP contribution in [0, 0.1) is 5.82 Å². The minimum atomic E-state index is -0.282. The van der Waals surface area contributed by atoms with Crippen molar-refractivity contribution in [2.45, 2.75) is 37.8 Å². The third kappa shape index (κ3) is 3.68. The Balaban J connectivity index is 1.66. The highest BCUT2D eigenvalue weighted by molar-refractivity contribution is 5.98. The molecule has 4 rings (SSSR count). The van der Waals surface area contributed by atoms with E-state index in [4.69, 9.17) is 15.5 Å². The first-order chi connectivity index (χ1) is 13.1. The molecule has 0 unspecified atom stereocenters. The average molecular weight is 367 g/mol. The van der Waals surface area contributed by atoms with E-state index in [1.165, 1.54) is 12.1 Å². The van der Waals surface area contributed by atoms with Gasteiger partial charge >= 0.3 is 0 Å². The molecular weight excluding hydrogens is 345 g/mol. The summed E-state index contributed by atoms with van der Waals surface area (Å²) in [5, 5.41) is 4.11. The highest BCUT2D eigenvalue weighted by Gasteiger charge is 2.21. The predicted octanol–water partition coefficient (Wildman–Crippen LogP) is 3.78. The van der Waals surface area contributed by atoms with Crippen LogP contribution in [0.3, 0.4) is 0 Å². The van der Waals surface area contributed by atoms with Gasteiger partial charge in [0.15, 0.2) is 0 Å². The number of rotatable bonds is 4. The van der Waals surface area contributed by atoms with E-state index in [0.29, 0.717) is 34.8 Å². The van der Waals surface area contributed by atoms with Crippen molar-refractivity contribution >= 4 is 22.7 Å². The van der Waals surface area contributed by atoms with E-state index in [1.54, 1.807) is 31.6 Å². The van der Waals surface area contributed by atoms with Crippen LogP contribution >= 0.6 is 0 Å². The fourth-order valence-corrected chi connectivity index (χ4v) is 3.58. The number of nitrogens with two attached hydrogens (primary N) is 1. The smallest absolute Gasteiger partial charge is 0.223 e. The Hall–Kier alpha value is -2.80. The largest absolute Gasteiger partial charge is 0.383 e. The molecule has 7 heteroatoms. The van der Waals surface area contributed by atoms with E-state index < -0.39 is 0 Å². The second-order valence-electron chi connectivity index (χ2n) is 6.87. The number of nitrogen functional groups attached to an aromatic ring is 1. The Kier molecular flexibility index (Phi) is 4.85. The summed E-state index contributed by atoms with van der Waals surface area (Å²) in [7, 11) is 1.76. The van der Waals surface area contributed by atoms with Gasteiger partial charge in [0.1, 0.15) is 11.6 Å². The number of methoxy groups -OCH3 is 1. The lowest BCUT2D eigenvalue weighted by Gasteiger charge is -2.28. The van der Waals surface area contributed by atoms with Gasteiger partial charge in [-0.25, -0.2) is 19.3 Å². The molecule has 1 fully saturated rings. The van der Waals surface area contributed by atoms with Crippen molar-refractivity contribution in [1.82, 2.24) is 15.0 Å². The number of aromatic nitrogens is 3. The molecule has 0 amide bonds. The van der Waals surface area contributed by atoms with Crippen molar-refractivity contribution in [2.24, 2.45) is 0 Å². The van der Waals surface area contributed by atoms with Crippen molar-refractivity contribution < 1.29 is 9.13 Å². The number of anilines is 2. The van der Waals surface area contributed by atoms with Crippen LogP contribution in [0.4, 0.5) is 16.2 Å². The second-order valence-corrected chi connectivity index (χ2v) is 6.87. The zero-order chi connectivity index (χ0) is 18.8. The number of benzene rings is 1. The number of halogens is 1. The molecule has 2 heterocycles. The number of nitrogens with zero attached hydrogens (tertiary/aromatic N) is 3.